The number of fused-ring (bicyclic) bond motifs is 1. The molecule has 0 saturated carbocycles. The van der Waals surface area contributed by atoms with Gasteiger partial charge in [0, 0.05) is 31.1 Å². The maximum Gasteiger partial charge on any atom is 0.307 e. The van der Waals surface area contributed by atoms with E-state index in [0.717, 1.165) is 22.8 Å². The zero-order valence-corrected chi connectivity index (χ0v) is 14.5. The number of amides is 1. The van der Waals surface area contributed by atoms with E-state index in [4.69, 9.17) is 9.47 Å². The highest BCUT2D eigenvalue weighted by atomic mass is 32.1. The average Bonchev–Trinajstić information content (AvgIpc) is 2.90. The van der Waals surface area contributed by atoms with Crippen LogP contribution in [0.2, 0.25) is 0 Å². The molecule has 128 valence electrons. The Labute approximate surface area is 144 Å². The van der Waals surface area contributed by atoms with Gasteiger partial charge in [0.05, 0.1) is 6.54 Å². The molecule has 6 nitrogen and oxygen atoms in total. The topological polar surface area (TPSA) is 60.8 Å². The molecule has 1 aromatic heterocycles. The fourth-order valence-electron chi connectivity index (χ4n) is 2.63. The first-order valence-corrected chi connectivity index (χ1v) is 8.70. The third-order valence-corrected chi connectivity index (χ3v) is 4.88. The molecule has 0 N–H and O–H groups in total. The van der Waals surface area contributed by atoms with Gasteiger partial charge in [-0.25, -0.2) is 0 Å². The molecule has 0 spiro atoms. The van der Waals surface area contributed by atoms with Crippen molar-refractivity contribution >= 4 is 17.2 Å². The van der Waals surface area contributed by atoms with Gasteiger partial charge in [-0.15, -0.1) is 0 Å². The van der Waals surface area contributed by atoms with Crippen molar-refractivity contribution in [1.29, 1.82) is 0 Å². The van der Waals surface area contributed by atoms with Crippen molar-refractivity contribution in [3.8, 4) is 11.5 Å². The van der Waals surface area contributed by atoms with Crippen molar-refractivity contribution in [2.24, 2.45) is 0 Å². The SMILES string of the molecule is Cc1csc(=O)n1CCC(=O)N(C)CC1COc2ccccc2O1. The largest absolute Gasteiger partial charge is 0.486 e. The molecule has 1 aliphatic rings. The number of carbonyl (C=O) groups excluding carboxylic acids is 1. The molecule has 1 unspecified atom stereocenters. The fourth-order valence-corrected chi connectivity index (χ4v) is 3.39. The average molecular weight is 348 g/mol. The van der Waals surface area contributed by atoms with Gasteiger partial charge in [-0.05, 0) is 19.1 Å². The van der Waals surface area contributed by atoms with Crippen LogP contribution in [0.1, 0.15) is 12.1 Å². The summed E-state index contributed by atoms with van der Waals surface area (Å²) in [5, 5.41) is 1.81. The molecule has 0 saturated heterocycles. The van der Waals surface area contributed by atoms with E-state index in [2.05, 4.69) is 0 Å². The summed E-state index contributed by atoms with van der Waals surface area (Å²) >= 11 is 1.16. The number of benzene rings is 1. The van der Waals surface area contributed by atoms with Crippen LogP contribution in [0, 0.1) is 6.92 Å². The third kappa shape index (κ3) is 3.62. The lowest BCUT2D eigenvalue weighted by atomic mass is 10.2. The highest BCUT2D eigenvalue weighted by Crippen LogP contribution is 2.30. The van der Waals surface area contributed by atoms with Crippen molar-refractivity contribution < 1.29 is 14.3 Å². The summed E-state index contributed by atoms with van der Waals surface area (Å²) in [5.41, 5.74) is 0.890. The quantitative estimate of drug-likeness (QED) is 0.828. The second-order valence-corrected chi connectivity index (χ2v) is 6.64. The van der Waals surface area contributed by atoms with Crippen molar-refractivity contribution in [3.63, 3.8) is 0 Å². The summed E-state index contributed by atoms with van der Waals surface area (Å²) in [4.78, 5) is 25.6. The van der Waals surface area contributed by atoms with Crippen LogP contribution in [-0.2, 0) is 11.3 Å². The van der Waals surface area contributed by atoms with E-state index in [9.17, 15) is 9.59 Å². The highest BCUT2D eigenvalue weighted by molar-refractivity contribution is 7.07. The molecule has 1 amide bonds. The summed E-state index contributed by atoms with van der Waals surface area (Å²) in [6, 6.07) is 7.50. The first kappa shape index (κ1) is 16.6. The molecule has 2 heterocycles. The molecule has 24 heavy (non-hydrogen) atoms. The molecule has 0 bridgehead atoms. The highest BCUT2D eigenvalue weighted by Gasteiger charge is 2.23. The Bertz CT molecular complexity index is 783. The van der Waals surface area contributed by atoms with Crippen molar-refractivity contribution in [3.05, 3.63) is 45.0 Å². The van der Waals surface area contributed by atoms with E-state index >= 15 is 0 Å². The number of nitrogens with zero attached hydrogens (tertiary/aromatic N) is 2. The molecule has 7 heteroatoms. The number of carbonyl (C=O) groups is 1. The Morgan fingerprint density at radius 1 is 1.38 bits per heavy atom. The minimum atomic E-state index is -0.195. The Kier molecular flexibility index (Phi) is 4.89. The lowest BCUT2D eigenvalue weighted by molar-refractivity contribution is -0.131. The Balaban J connectivity index is 1.53. The van der Waals surface area contributed by atoms with Crippen LogP contribution in [0.15, 0.2) is 34.4 Å². The molecule has 1 atom stereocenters. The standard InChI is InChI=1S/C17H20N2O4S/c1-12-11-24-17(21)19(12)8-7-16(20)18(2)9-13-10-22-14-5-3-4-6-15(14)23-13/h3-6,11,13H,7-10H2,1-2H3. The van der Waals surface area contributed by atoms with Gasteiger partial charge < -0.3 is 18.9 Å². The molecule has 0 aliphatic carbocycles. The maximum atomic E-state index is 12.3. The van der Waals surface area contributed by atoms with Crippen LogP contribution in [0.4, 0.5) is 0 Å². The maximum absolute atomic E-state index is 12.3. The van der Waals surface area contributed by atoms with Crippen LogP contribution in [0.3, 0.4) is 0 Å². The van der Waals surface area contributed by atoms with Crippen LogP contribution < -0.4 is 14.3 Å². The molecule has 0 radical (unpaired) electrons. The Morgan fingerprint density at radius 3 is 2.83 bits per heavy atom. The minimum Gasteiger partial charge on any atom is -0.486 e. The Morgan fingerprint density at radius 2 is 2.12 bits per heavy atom. The van der Waals surface area contributed by atoms with Gasteiger partial charge in [0.1, 0.15) is 6.61 Å². The third-order valence-electron chi connectivity index (χ3n) is 4.00. The van der Waals surface area contributed by atoms with Gasteiger partial charge in [0.2, 0.25) is 5.91 Å². The number of rotatable bonds is 5. The van der Waals surface area contributed by atoms with Crippen LogP contribution in [0.25, 0.3) is 0 Å². The van der Waals surface area contributed by atoms with Gasteiger partial charge in [-0.1, -0.05) is 23.5 Å². The number of aromatic nitrogens is 1. The lowest BCUT2D eigenvalue weighted by Gasteiger charge is -2.29. The monoisotopic (exact) mass is 348 g/mol. The van der Waals surface area contributed by atoms with E-state index in [1.54, 1.807) is 21.9 Å². The molecular formula is C17H20N2O4S. The van der Waals surface area contributed by atoms with E-state index in [1.165, 1.54) is 0 Å². The van der Waals surface area contributed by atoms with Gasteiger partial charge in [-0.2, -0.15) is 0 Å². The fraction of sp³-hybridized carbons (Fsp3) is 0.412. The first-order valence-electron chi connectivity index (χ1n) is 7.82. The Hall–Kier alpha value is -2.28. The second-order valence-electron chi connectivity index (χ2n) is 5.82. The first-order chi connectivity index (χ1) is 11.5. The van der Waals surface area contributed by atoms with Gasteiger partial charge in [0.15, 0.2) is 17.6 Å². The van der Waals surface area contributed by atoms with E-state index in [-0.39, 0.29) is 23.3 Å². The summed E-state index contributed by atoms with van der Waals surface area (Å²) in [6.07, 6.45) is 0.0949. The summed E-state index contributed by atoms with van der Waals surface area (Å²) in [5.74, 6) is 1.42. The van der Waals surface area contributed by atoms with Crippen LogP contribution >= 0.6 is 11.3 Å². The van der Waals surface area contributed by atoms with Crippen LogP contribution in [-0.4, -0.2) is 41.7 Å². The van der Waals surface area contributed by atoms with Crippen molar-refractivity contribution in [1.82, 2.24) is 9.47 Å². The molecule has 1 aromatic carbocycles. The number of para-hydroxylation sites is 2. The van der Waals surface area contributed by atoms with Crippen LogP contribution in [0.5, 0.6) is 11.5 Å². The van der Waals surface area contributed by atoms with E-state index in [0.29, 0.717) is 25.4 Å². The zero-order valence-electron chi connectivity index (χ0n) is 13.7. The van der Waals surface area contributed by atoms with Crippen molar-refractivity contribution in [2.45, 2.75) is 26.0 Å². The number of aryl methyl sites for hydroxylation is 1. The molecule has 3 rings (SSSR count). The second kappa shape index (κ2) is 7.09. The van der Waals surface area contributed by atoms with E-state index < -0.39 is 0 Å². The normalized spacial score (nSPS) is 16.0. The predicted octanol–water partition coefficient (Wildman–Crippen LogP) is 1.91. The van der Waals surface area contributed by atoms with Crippen molar-refractivity contribution in [2.75, 3.05) is 20.2 Å². The molecule has 2 aromatic rings. The molecule has 0 fully saturated rings. The number of hydrogen-bond acceptors (Lipinski definition) is 5. The smallest absolute Gasteiger partial charge is 0.307 e. The number of hydrogen-bond donors (Lipinski definition) is 0. The molecule has 1 aliphatic heterocycles. The van der Waals surface area contributed by atoms with Gasteiger partial charge in [-0.3, -0.25) is 9.59 Å². The summed E-state index contributed by atoms with van der Waals surface area (Å²) < 4.78 is 13.2. The summed E-state index contributed by atoms with van der Waals surface area (Å²) in [6.45, 7) is 3.14. The zero-order chi connectivity index (χ0) is 17.1. The van der Waals surface area contributed by atoms with Gasteiger partial charge in [0.25, 0.3) is 0 Å². The minimum absolute atomic E-state index is 0.0186. The predicted molar refractivity (Wildman–Crippen MR) is 91.9 cm³/mol. The number of thiazole rings is 1. The van der Waals surface area contributed by atoms with E-state index in [1.807, 2.05) is 31.2 Å². The molecular weight excluding hydrogens is 328 g/mol. The number of ether oxygens (including phenoxy) is 2. The lowest BCUT2D eigenvalue weighted by Crippen LogP contribution is -2.42. The summed E-state index contributed by atoms with van der Waals surface area (Å²) in [7, 11) is 1.75. The number of likely N-dealkylation sites (N-methyl/N-ethyl adjacent to an activating group) is 1. The van der Waals surface area contributed by atoms with Gasteiger partial charge >= 0.3 is 4.87 Å².